The maximum atomic E-state index is 13.4. The molecule has 0 saturated heterocycles. The van der Waals surface area contributed by atoms with Crippen molar-refractivity contribution >= 4 is 10.9 Å². The monoisotopic (exact) mass is 445 g/mol. The number of pyridine rings is 1. The van der Waals surface area contributed by atoms with Crippen LogP contribution in [0.3, 0.4) is 0 Å². The Labute approximate surface area is 178 Å². The maximum absolute atomic E-state index is 13.4. The van der Waals surface area contributed by atoms with E-state index in [0.717, 1.165) is 30.2 Å². The molecule has 0 aliphatic heterocycles. The van der Waals surface area contributed by atoms with Crippen LogP contribution in [0.1, 0.15) is 29.2 Å². The highest BCUT2D eigenvalue weighted by Crippen LogP contribution is 2.41. The predicted octanol–water partition coefficient (Wildman–Crippen LogP) is 4.76. The summed E-state index contributed by atoms with van der Waals surface area (Å²) in [6.07, 6.45) is -0.542. The van der Waals surface area contributed by atoms with Gasteiger partial charge in [0.15, 0.2) is 11.6 Å². The van der Waals surface area contributed by atoms with E-state index in [2.05, 4.69) is 20.6 Å². The first-order valence-electron chi connectivity index (χ1n) is 9.85. The molecule has 0 unspecified atom stereocenters. The van der Waals surface area contributed by atoms with Gasteiger partial charge in [-0.2, -0.15) is 13.2 Å². The number of nitrogens with zero attached hydrogens (tertiary/aromatic N) is 4. The van der Waals surface area contributed by atoms with Gasteiger partial charge in [0.2, 0.25) is 0 Å². The Bertz CT molecular complexity index is 1300. The summed E-state index contributed by atoms with van der Waals surface area (Å²) in [6.45, 7) is 0.377. The summed E-state index contributed by atoms with van der Waals surface area (Å²) in [5.74, 6) is -1.65. The SMILES string of the molecule is Fc1ccc([C@@H]2C[C@H]2NCc2cn(-c3ccnc4ccc(C(F)(F)F)cc34)nn2)cc1F. The van der Waals surface area contributed by atoms with Gasteiger partial charge in [0.05, 0.1) is 28.7 Å². The van der Waals surface area contributed by atoms with Crippen LogP contribution in [0.25, 0.3) is 16.6 Å². The Morgan fingerprint density at radius 3 is 2.66 bits per heavy atom. The minimum atomic E-state index is -4.47. The molecule has 1 aliphatic carbocycles. The zero-order valence-corrected chi connectivity index (χ0v) is 16.4. The Hall–Kier alpha value is -3.40. The van der Waals surface area contributed by atoms with Crippen LogP contribution in [0.5, 0.6) is 0 Å². The van der Waals surface area contributed by atoms with E-state index in [1.54, 1.807) is 18.3 Å². The fraction of sp³-hybridized carbons (Fsp3) is 0.227. The van der Waals surface area contributed by atoms with Crippen molar-refractivity contribution in [1.82, 2.24) is 25.3 Å². The molecular formula is C22H16F5N5. The van der Waals surface area contributed by atoms with E-state index < -0.39 is 23.4 Å². The van der Waals surface area contributed by atoms with E-state index in [1.807, 2.05) is 0 Å². The highest BCUT2D eigenvalue weighted by atomic mass is 19.4. The third-order valence-corrected chi connectivity index (χ3v) is 5.54. The fourth-order valence-electron chi connectivity index (χ4n) is 3.77. The van der Waals surface area contributed by atoms with E-state index in [9.17, 15) is 22.0 Å². The molecule has 1 N–H and O–H groups in total. The van der Waals surface area contributed by atoms with Crippen molar-refractivity contribution in [2.24, 2.45) is 0 Å². The normalized spacial score (nSPS) is 18.3. The molecule has 5 nitrogen and oxygen atoms in total. The number of nitrogens with one attached hydrogen (secondary N) is 1. The molecule has 1 fully saturated rings. The zero-order valence-electron chi connectivity index (χ0n) is 16.4. The molecule has 0 bridgehead atoms. The van der Waals surface area contributed by atoms with Crippen LogP contribution in [0.4, 0.5) is 22.0 Å². The summed E-state index contributed by atoms with van der Waals surface area (Å²) >= 11 is 0. The van der Waals surface area contributed by atoms with Gasteiger partial charge in [0.25, 0.3) is 0 Å². The number of aromatic nitrogens is 4. The zero-order chi connectivity index (χ0) is 22.5. The lowest BCUT2D eigenvalue weighted by Crippen LogP contribution is -2.17. The predicted molar refractivity (Wildman–Crippen MR) is 106 cm³/mol. The lowest BCUT2D eigenvalue weighted by molar-refractivity contribution is -0.137. The molecule has 0 spiro atoms. The van der Waals surface area contributed by atoms with Gasteiger partial charge in [-0.1, -0.05) is 11.3 Å². The number of hydrogen-bond acceptors (Lipinski definition) is 4. The molecule has 4 aromatic rings. The second-order valence-corrected chi connectivity index (χ2v) is 7.72. The average molecular weight is 445 g/mol. The molecule has 2 atom stereocenters. The largest absolute Gasteiger partial charge is 0.416 e. The van der Waals surface area contributed by atoms with Gasteiger partial charge in [0, 0.05) is 30.1 Å². The molecule has 32 heavy (non-hydrogen) atoms. The number of hydrogen-bond donors (Lipinski definition) is 1. The number of rotatable bonds is 5. The first kappa shape index (κ1) is 20.5. The maximum Gasteiger partial charge on any atom is 0.416 e. The van der Waals surface area contributed by atoms with Crippen molar-refractivity contribution in [3.8, 4) is 5.69 Å². The van der Waals surface area contributed by atoms with Crippen LogP contribution >= 0.6 is 0 Å². The summed E-state index contributed by atoms with van der Waals surface area (Å²) in [4.78, 5) is 4.12. The van der Waals surface area contributed by atoms with E-state index in [1.165, 1.54) is 23.0 Å². The Morgan fingerprint density at radius 2 is 1.88 bits per heavy atom. The van der Waals surface area contributed by atoms with Crippen molar-refractivity contribution in [2.45, 2.75) is 31.1 Å². The molecule has 2 aromatic carbocycles. The third-order valence-electron chi connectivity index (χ3n) is 5.54. The quantitative estimate of drug-likeness (QED) is 0.450. The van der Waals surface area contributed by atoms with Gasteiger partial charge < -0.3 is 5.32 Å². The molecule has 0 amide bonds. The first-order valence-corrected chi connectivity index (χ1v) is 9.85. The number of halogens is 5. The summed E-state index contributed by atoms with van der Waals surface area (Å²) in [5, 5.41) is 11.7. The highest BCUT2D eigenvalue weighted by molar-refractivity contribution is 5.87. The molecule has 2 aromatic heterocycles. The van der Waals surface area contributed by atoms with Crippen molar-refractivity contribution in [3.05, 3.63) is 83.3 Å². The standard InChI is InChI=1S/C22H16F5N5/c23-17-3-1-12(7-18(17)24)15-9-20(15)29-10-14-11-32(31-30-14)21-5-6-28-19-4-2-13(8-16(19)21)22(25,26)27/h1-8,11,15,20,29H,9-10H2/t15-,20+/m0/s1. The number of alkyl halides is 3. The van der Waals surface area contributed by atoms with Crippen LogP contribution in [-0.4, -0.2) is 26.0 Å². The third kappa shape index (κ3) is 3.93. The number of fused-ring (bicyclic) bond motifs is 1. The van der Waals surface area contributed by atoms with Gasteiger partial charge in [-0.05, 0) is 48.4 Å². The molecule has 10 heteroatoms. The van der Waals surface area contributed by atoms with Gasteiger partial charge in [-0.15, -0.1) is 5.10 Å². The number of benzene rings is 2. The van der Waals surface area contributed by atoms with Crippen molar-refractivity contribution in [3.63, 3.8) is 0 Å². The second kappa shape index (κ2) is 7.63. The summed E-state index contributed by atoms with van der Waals surface area (Å²) in [6, 6.07) is 8.95. The van der Waals surface area contributed by atoms with E-state index in [-0.39, 0.29) is 12.0 Å². The first-order chi connectivity index (χ1) is 15.3. The van der Waals surface area contributed by atoms with Crippen molar-refractivity contribution in [1.29, 1.82) is 0 Å². The Balaban J connectivity index is 1.31. The van der Waals surface area contributed by atoms with E-state index in [4.69, 9.17) is 0 Å². The minimum absolute atomic E-state index is 0.0880. The molecule has 164 valence electrons. The summed E-state index contributed by atoms with van der Waals surface area (Å²) in [7, 11) is 0. The van der Waals surface area contributed by atoms with E-state index in [0.29, 0.717) is 28.8 Å². The minimum Gasteiger partial charge on any atom is -0.308 e. The smallest absolute Gasteiger partial charge is 0.308 e. The van der Waals surface area contributed by atoms with Crippen LogP contribution in [0.15, 0.2) is 54.9 Å². The van der Waals surface area contributed by atoms with Crippen molar-refractivity contribution in [2.75, 3.05) is 0 Å². The lowest BCUT2D eigenvalue weighted by Gasteiger charge is -2.10. The van der Waals surface area contributed by atoms with Crippen LogP contribution in [0, 0.1) is 11.6 Å². The summed E-state index contributed by atoms with van der Waals surface area (Å²) in [5.41, 5.74) is 1.41. The van der Waals surface area contributed by atoms with E-state index >= 15 is 0 Å². The molecule has 5 rings (SSSR count). The van der Waals surface area contributed by atoms with Crippen LogP contribution in [0.2, 0.25) is 0 Å². The van der Waals surface area contributed by atoms with Gasteiger partial charge in [-0.25, -0.2) is 13.5 Å². The fourth-order valence-corrected chi connectivity index (χ4v) is 3.77. The molecule has 2 heterocycles. The second-order valence-electron chi connectivity index (χ2n) is 7.72. The highest BCUT2D eigenvalue weighted by Gasteiger charge is 2.38. The summed E-state index contributed by atoms with van der Waals surface area (Å²) < 4.78 is 67.3. The Morgan fingerprint density at radius 1 is 1.03 bits per heavy atom. The molecule has 0 radical (unpaired) electrons. The molecule has 1 saturated carbocycles. The van der Waals surface area contributed by atoms with Crippen LogP contribution < -0.4 is 5.32 Å². The molecule has 1 aliphatic rings. The van der Waals surface area contributed by atoms with Gasteiger partial charge in [0.1, 0.15) is 0 Å². The van der Waals surface area contributed by atoms with Gasteiger partial charge in [-0.3, -0.25) is 4.98 Å². The lowest BCUT2D eigenvalue weighted by atomic mass is 10.1. The molecular weight excluding hydrogens is 429 g/mol. The average Bonchev–Trinajstić information content (AvgIpc) is 3.39. The topological polar surface area (TPSA) is 55.6 Å². The van der Waals surface area contributed by atoms with Gasteiger partial charge >= 0.3 is 6.18 Å². The Kier molecular flexibility index (Phi) is 4.89. The van der Waals surface area contributed by atoms with Crippen molar-refractivity contribution < 1.29 is 22.0 Å². The van der Waals surface area contributed by atoms with Crippen LogP contribution in [-0.2, 0) is 12.7 Å².